The van der Waals surface area contributed by atoms with Gasteiger partial charge in [0, 0.05) is 0 Å². The predicted molar refractivity (Wildman–Crippen MR) is 67.3 cm³/mol. The fraction of sp³-hybridized carbons (Fsp3) is 0.273. The van der Waals surface area contributed by atoms with Gasteiger partial charge in [-0.3, -0.25) is 14.9 Å². The zero-order valence-corrected chi connectivity index (χ0v) is 11.3. The van der Waals surface area contributed by atoms with Crippen LogP contribution in [-0.4, -0.2) is 37.1 Å². The van der Waals surface area contributed by atoms with Crippen molar-refractivity contribution in [3.8, 4) is 0 Å². The number of carbonyl (C=O) groups excluding carboxylic acids is 2. The fourth-order valence-electron chi connectivity index (χ4n) is 1.85. The Bertz CT molecular complexity index is 689. The maximum Gasteiger partial charge on any atom is 0.246 e. The van der Waals surface area contributed by atoms with Crippen LogP contribution in [0.4, 0.5) is 10.1 Å². The van der Waals surface area contributed by atoms with E-state index in [1.165, 1.54) is 13.0 Å². The number of nitrogen functional groups attached to an aromatic ring is 1. The number of anilines is 1. The molecule has 1 aromatic carbocycles. The van der Waals surface area contributed by atoms with Crippen molar-refractivity contribution >= 4 is 27.5 Å². The van der Waals surface area contributed by atoms with Crippen LogP contribution in [0.25, 0.3) is 0 Å². The molecular weight excluding hydrogens is 289 g/mol. The molecule has 1 fully saturated rings. The molecule has 0 saturated carbocycles. The van der Waals surface area contributed by atoms with Crippen LogP contribution in [0.5, 0.6) is 0 Å². The van der Waals surface area contributed by atoms with Gasteiger partial charge in [-0.25, -0.2) is 12.8 Å². The van der Waals surface area contributed by atoms with Crippen molar-refractivity contribution in [3.05, 3.63) is 24.0 Å². The van der Waals surface area contributed by atoms with E-state index in [0.717, 1.165) is 12.1 Å². The van der Waals surface area contributed by atoms with Crippen LogP contribution in [0.2, 0.25) is 0 Å². The number of hydrogen-bond donors (Lipinski definition) is 2. The molecule has 0 aliphatic carbocycles. The molecule has 1 atom stereocenters. The van der Waals surface area contributed by atoms with E-state index in [1.54, 1.807) is 0 Å². The zero-order valence-electron chi connectivity index (χ0n) is 10.5. The Morgan fingerprint density at radius 3 is 2.70 bits per heavy atom. The number of hydrogen-bond acceptors (Lipinski definition) is 5. The van der Waals surface area contributed by atoms with Crippen LogP contribution in [0, 0.1) is 5.82 Å². The van der Waals surface area contributed by atoms with Gasteiger partial charge in [-0.1, -0.05) is 6.07 Å². The van der Waals surface area contributed by atoms with Gasteiger partial charge < -0.3 is 5.73 Å². The molecule has 9 heteroatoms. The van der Waals surface area contributed by atoms with Gasteiger partial charge in [-0.2, -0.15) is 4.31 Å². The van der Waals surface area contributed by atoms with Gasteiger partial charge in [0.1, 0.15) is 16.8 Å². The van der Waals surface area contributed by atoms with Crippen LogP contribution in [0.3, 0.4) is 0 Å². The molecule has 0 aromatic heterocycles. The highest BCUT2D eigenvalue weighted by Crippen LogP contribution is 2.26. The van der Waals surface area contributed by atoms with E-state index < -0.39 is 50.8 Å². The summed E-state index contributed by atoms with van der Waals surface area (Å²) in [5.74, 6) is -2.36. The van der Waals surface area contributed by atoms with Gasteiger partial charge in [-0.05, 0) is 19.1 Å². The van der Waals surface area contributed by atoms with Crippen molar-refractivity contribution in [1.29, 1.82) is 0 Å². The maximum atomic E-state index is 13.4. The molecule has 108 valence electrons. The lowest BCUT2D eigenvalue weighted by Gasteiger charge is -2.30. The van der Waals surface area contributed by atoms with Gasteiger partial charge in [0.25, 0.3) is 0 Å². The molecule has 7 nitrogen and oxygen atoms in total. The Kier molecular flexibility index (Phi) is 3.48. The molecule has 0 radical (unpaired) electrons. The number of nitrogens with zero attached hydrogens (tertiary/aromatic N) is 1. The van der Waals surface area contributed by atoms with Crippen molar-refractivity contribution in [3.63, 3.8) is 0 Å². The number of nitrogens with two attached hydrogens (primary N) is 1. The first-order chi connectivity index (χ1) is 9.25. The number of para-hydroxylation sites is 1. The third-order valence-corrected chi connectivity index (χ3v) is 4.95. The minimum atomic E-state index is -4.24. The molecule has 1 aliphatic rings. The molecule has 1 saturated heterocycles. The average Bonchev–Trinajstić information content (AvgIpc) is 2.36. The van der Waals surface area contributed by atoms with Crippen LogP contribution in [0.15, 0.2) is 23.1 Å². The normalized spacial score (nSPS) is 20.8. The van der Waals surface area contributed by atoms with E-state index in [9.17, 15) is 22.4 Å². The Balaban J connectivity index is 2.52. The molecule has 2 amide bonds. The summed E-state index contributed by atoms with van der Waals surface area (Å²) < 4.78 is 38.9. The zero-order chi connectivity index (χ0) is 15.1. The number of imide groups is 1. The van der Waals surface area contributed by atoms with Crippen LogP contribution in [-0.2, 0) is 19.6 Å². The van der Waals surface area contributed by atoms with Crippen molar-refractivity contribution in [2.24, 2.45) is 0 Å². The van der Waals surface area contributed by atoms with E-state index >= 15 is 0 Å². The highest BCUT2D eigenvalue weighted by molar-refractivity contribution is 7.89. The first-order valence-corrected chi connectivity index (χ1v) is 7.08. The molecule has 1 heterocycles. The standard InChI is InChI=1S/C11H12FN3O4S/c1-6-11(17)14-9(16)5-15(6)20(18,19)8-4-2-3-7(12)10(8)13/h2-4,6H,5,13H2,1H3,(H,14,16,17). The first kappa shape index (κ1) is 14.4. The quantitative estimate of drug-likeness (QED) is 0.562. The summed E-state index contributed by atoms with van der Waals surface area (Å²) in [7, 11) is -4.24. The summed E-state index contributed by atoms with van der Waals surface area (Å²) in [6, 6.07) is 2.25. The minimum Gasteiger partial charge on any atom is -0.395 e. The van der Waals surface area contributed by atoms with Gasteiger partial charge in [-0.15, -0.1) is 0 Å². The third kappa shape index (κ3) is 2.25. The summed E-state index contributed by atoms with van der Waals surface area (Å²) in [5.41, 5.74) is 4.88. The molecule has 2 rings (SSSR count). The summed E-state index contributed by atoms with van der Waals surface area (Å²) in [5, 5.41) is 2.02. The van der Waals surface area contributed by atoms with E-state index in [1.807, 2.05) is 5.32 Å². The van der Waals surface area contributed by atoms with Gasteiger partial charge in [0.05, 0.1) is 12.2 Å². The number of rotatable bonds is 2. The molecule has 1 aromatic rings. The van der Waals surface area contributed by atoms with E-state index in [4.69, 9.17) is 5.73 Å². The summed E-state index contributed by atoms with van der Waals surface area (Å²) in [4.78, 5) is 22.4. The number of nitrogens with one attached hydrogen (secondary N) is 1. The highest BCUT2D eigenvalue weighted by atomic mass is 32.2. The van der Waals surface area contributed by atoms with Crippen molar-refractivity contribution < 1.29 is 22.4 Å². The van der Waals surface area contributed by atoms with Crippen LogP contribution >= 0.6 is 0 Å². The third-order valence-electron chi connectivity index (χ3n) is 2.97. The van der Waals surface area contributed by atoms with Gasteiger partial charge in [0.2, 0.25) is 21.8 Å². The minimum absolute atomic E-state index is 0.466. The number of halogens is 1. The monoisotopic (exact) mass is 301 g/mol. The number of piperazine rings is 1. The Hall–Kier alpha value is -2.00. The second-order valence-electron chi connectivity index (χ2n) is 4.29. The fourth-order valence-corrected chi connectivity index (χ4v) is 3.53. The van der Waals surface area contributed by atoms with Crippen molar-refractivity contribution in [2.45, 2.75) is 17.9 Å². The van der Waals surface area contributed by atoms with Crippen molar-refractivity contribution in [2.75, 3.05) is 12.3 Å². The summed E-state index contributed by atoms with van der Waals surface area (Å²) in [6.07, 6.45) is 0. The Morgan fingerprint density at radius 1 is 1.40 bits per heavy atom. The molecular formula is C11H12FN3O4S. The summed E-state index contributed by atoms with van der Waals surface area (Å²) in [6.45, 7) is 0.806. The number of amides is 2. The number of sulfonamides is 1. The molecule has 20 heavy (non-hydrogen) atoms. The van der Waals surface area contributed by atoms with Crippen molar-refractivity contribution in [1.82, 2.24) is 9.62 Å². The SMILES string of the molecule is CC1C(=O)NC(=O)CN1S(=O)(=O)c1cccc(F)c1N. The van der Waals surface area contributed by atoms with Gasteiger partial charge in [0.15, 0.2) is 0 Å². The molecule has 1 aliphatic heterocycles. The largest absolute Gasteiger partial charge is 0.395 e. The number of carbonyl (C=O) groups is 2. The van der Waals surface area contributed by atoms with Gasteiger partial charge >= 0.3 is 0 Å². The van der Waals surface area contributed by atoms with Crippen LogP contribution < -0.4 is 11.1 Å². The second-order valence-corrected chi connectivity index (χ2v) is 6.15. The van der Waals surface area contributed by atoms with E-state index in [2.05, 4.69) is 0 Å². The van der Waals surface area contributed by atoms with E-state index in [0.29, 0.717) is 4.31 Å². The number of benzene rings is 1. The molecule has 0 bridgehead atoms. The van der Waals surface area contributed by atoms with Crippen LogP contribution in [0.1, 0.15) is 6.92 Å². The summed E-state index contributed by atoms with van der Waals surface area (Å²) >= 11 is 0. The van der Waals surface area contributed by atoms with E-state index in [-0.39, 0.29) is 0 Å². The average molecular weight is 301 g/mol. The maximum absolute atomic E-state index is 13.4. The predicted octanol–water partition coefficient (Wildman–Crippen LogP) is -0.556. The second kappa shape index (κ2) is 4.84. The lowest BCUT2D eigenvalue weighted by Crippen LogP contribution is -2.58. The highest BCUT2D eigenvalue weighted by Gasteiger charge is 2.39. The lowest BCUT2D eigenvalue weighted by atomic mass is 10.2. The Morgan fingerprint density at radius 2 is 2.05 bits per heavy atom. The smallest absolute Gasteiger partial charge is 0.246 e. The first-order valence-electron chi connectivity index (χ1n) is 5.64. The topological polar surface area (TPSA) is 110 Å². The molecule has 3 N–H and O–H groups in total. The molecule has 1 unspecified atom stereocenters. The Labute approximate surface area is 114 Å². The molecule has 0 spiro atoms. The lowest BCUT2D eigenvalue weighted by molar-refractivity contribution is -0.136.